The Kier molecular flexibility index (Phi) is 5.60. The molecule has 0 fully saturated rings. The number of halogens is 1. The normalized spacial score (nSPS) is 12.5. The van der Waals surface area contributed by atoms with Crippen molar-refractivity contribution >= 4 is 11.6 Å². The minimum Gasteiger partial charge on any atom is -0.496 e. The molecule has 0 aromatic heterocycles. The molecule has 1 aromatic rings. The number of hydrogen-bond acceptors (Lipinski definition) is 3. The van der Waals surface area contributed by atoms with Gasteiger partial charge in [0, 0.05) is 24.8 Å². The second-order valence-corrected chi connectivity index (χ2v) is 4.14. The minimum absolute atomic E-state index is 0.0623. The van der Waals surface area contributed by atoms with Gasteiger partial charge in [-0.25, -0.2) is 0 Å². The van der Waals surface area contributed by atoms with Crippen LogP contribution in [0.3, 0.4) is 0 Å². The van der Waals surface area contributed by atoms with Crippen LogP contribution in [0, 0.1) is 0 Å². The molecular weight excluding hydrogens is 226 g/mol. The number of benzene rings is 1. The summed E-state index contributed by atoms with van der Waals surface area (Å²) >= 11 is 5.94. The number of hydrogen-bond donors (Lipinski definition) is 1. The molecule has 0 aliphatic heterocycles. The summed E-state index contributed by atoms with van der Waals surface area (Å²) in [5.74, 6) is 0.831. The van der Waals surface area contributed by atoms with E-state index in [4.69, 9.17) is 26.8 Å². The van der Waals surface area contributed by atoms with Crippen molar-refractivity contribution in [2.24, 2.45) is 5.73 Å². The molecule has 0 radical (unpaired) electrons. The molecule has 1 rings (SSSR count). The molecule has 0 saturated heterocycles. The van der Waals surface area contributed by atoms with Crippen LogP contribution in [0.2, 0.25) is 5.02 Å². The first-order chi connectivity index (χ1) is 7.67. The SMILES string of the molecule is COCCC(N)Cc1cc(Cl)ccc1OC. The van der Waals surface area contributed by atoms with Gasteiger partial charge < -0.3 is 15.2 Å². The van der Waals surface area contributed by atoms with Gasteiger partial charge in [-0.15, -0.1) is 0 Å². The molecule has 4 heteroatoms. The van der Waals surface area contributed by atoms with Crippen LogP contribution in [0.25, 0.3) is 0 Å². The van der Waals surface area contributed by atoms with Crippen molar-refractivity contribution in [3.8, 4) is 5.75 Å². The molecule has 0 saturated carbocycles. The lowest BCUT2D eigenvalue weighted by Gasteiger charge is -2.14. The molecule has 1 unspecified atom stereocenters. The summed E-state index contributed by atoms with van der Waals surface area (Å²) in [5.41, 5.74) is 7.03. The van der Waals surface area contributed by atoms with Crippen LogP contribution in [0.15, 0.2) is 18.2 Å². The zero-order valence-electron chi connectivity index (χ0n) is 9.70. The first-order valence-corrected chi connectivity index (χ1v) is 5.62. The van der Waals surface area contributed by atoms with E-state index in [1.165, 1.54) is 0 Å². The average Bonchev–Trinajstić information content (AvgIpc) is 2.27. The topological polar surface area (TPSA) is 44.5 Å². The monoisotopic (exact) mass is 243 g/mol. The first-order valence-electron chi connectivity index (χ1n) is 5.24. The molecule has 90 valence electrons. The Bertz CT molecular complexity index is 331. The molecule has 1 aromatic carbocycles. The third-order valence-corrected chi connectivity index (χ3v) is 2.65. The quantitative estimate of drug-likeness (QED) is 0.834. The molecule has 2 N–H and O–H groups in total. The Labute approximate surface area is 101 Å². The van der Waals surface area contributed by atoms with Gasteiger partial charge in [0.2, 0.25) is 0 Å². The highest BCUT2D eigenvalue weighted by molar-refractivity contribution is 6.30. The highest BCUT2D eigenvalue weighted by atomic mass is 35.5. The van der Waals surface area contributed by atoms with Gasteiger partial charge in [-0.05, 0) is 36.6 Å². The van der Waals surface area contributed by atoms with Crippen molar-refractivity contribution < 1.29 is 9.47 Å². The smallest absolute Gasteiger partial charge is 0.122 e. The van der Waals surface area contributed by atoms with E-state index in [0.29, 0.717) is 11.6 Å². The number of ether oxygens (including phenoxy) is 2. The lowest BCUT2D eigenvalue weighted by atomic mass is 10.0. The second kappa shape index (κ2) is 6.74. The molecule has 0 amide bonds. The van der Waals surface area contributed by atoms with Gasteiger partial charge in [-0.2, -0.15) is 0 Å². The van der Waals surface area contributed by atoms with E-state index in [-0.39, 0.29) is 6.04 Å². The Hall–Kier alpha value is -0.770. The summed E-state index contributed by atoms with van der Waals surface area (Å²) in [6.45, 7) is 0.671. The summed E-state index contributed by atoms with van der Waals surface area (Å²) < 4.78 is 10.3. The lowest BCUT2D eigenvalue weighted by Crippen LogP contribution is -2.24. The zero-order valence-corrected chi connectivity index (χ0v) is 10.5. The van der Waals surface area contributed by atoms with E-state index < -0.39 is 0 Å². The van der Waals surface area contributed by atoms with E-state index in [1.54, 1.807) is 14.2 Å². The highest BCUT2D eigenvalue weighted by Crippen LogP contribution is 2.23. The molecule has 16 heavy (non-hydrogen) atoms. The fraction of sp³-hybridized carbons (Fsp3) is 0.500. The van der Waals surface area contributed by atoms with Crippen molar-refractivity contribution in [3.05, 3.63) is 28.8 Å². The second-order valence-electron chi connectivity index (χ2n) is 3.70. The van der Waals surface area contributed by atoms with Crippen LogP contribution in [0.5, 0.6) is 5.75 Å². The predicted molar refractivity (Wildman–Crippen MR) is 66.2 cm³/mol. The standard InChI is InChI=1S/C12H18ClNO2/c1-15-6-5-11(14)8-9-7-10(13)3-4-12(9)16-2/h3-4,7,11H,5-6,8,14H2,1-2H3. The fourth-order valence-electron chi connectivity index (χ4n) is 1.56. The largest absolute Gasteiger partial charge is 0.496 e. The number of rotatable bonds is 6. The Balaban J connectivity index is 2.67. The van der Waals surface area contributed by atoms with E-state index in [1.807, 2.05) is 18.2 Å². The zero-order chi connectivity index (χ0) is 12.0. The van der Waals surface area contributed by atoms with E-state index in [2.05, 4.69) is 0 Å². The Morgan fingerprint density at radius 2 is 2.12 bits per heavy atom. The van der Waals surface area contributed by atoms with Crippen LogP contribution in [0.4, 0.5) is 0 Å². The maximum atomic E-state index is 5.99. The van der Waals surface area contributed by atoms with E-state index in [0.717, 1.165) is 24.2 Å². The van der Waals surface area contributed by atoms with Crippen LogP contribution in [-0.2, 0) is 11.2 Å². The Morgan fingerprint density at radius 3 is 2.75 bits per heavy atom. The van der Waals surface area contributed by atoms with Crippen molar-refractivity contribution in [1.29, 1.82) is 0 Å². The van der Waals surface area contributed by atoms with Gasteiger partial charge in [0.05, 0.1) is 7.11 Å². The summed E-state index contributed by atoms with van der Waals surface area (Å²) in [5, 5.41) is 0.703. The number of nitrogens with two attached hydrogens (primary N) is 1. The third-order valence-electron chi connectivity index (χ3n) is 2.42. The molecule has 0 bridgehead atoms. The lowest BCUT2D eigenvalue weighted by molar-refractivity contribution is 0.187. The van der Waals surface area contributed by atoms with Crippen LogP contribution in [0.1, 0.15) is 12.0 Å². The molecule has 0 heterocycles. The molecule has 0 aliphatic rings. The van der Waals surface area contributed by atoms with Gasteiger partial charge in [0.1, 0.15) is 5.75 Å². The summed E-state index contributed by atoms with van der Waals surface area (Å²) in [4.78, 5) is 0. The molecule has 0 spiro atoms. The van der Waals surface area contributed by atoms with Crippen LogP contribution >= 0.6 is 11.6 Å². The van der Waals surface area contributed by atoms with Crippen LogP contribution < -0.4 is 10.5 Å². The summed E-state index contributed by atoms with van der Waals surface area (Å²) in [7, 11) is 3.32. The summed E-state index contributed by atoms with van der Waals surface area (Å²) in [6, 6.07) is 5.63. The van der Waals surface area contributed by atoms with Gasteiger partial charge in [0.25, 0.3) is 0 Å². The van der Waals surface area contributed by atoms with E-state index >= 15 is 0 Å². The average molecular weight is 244 g/mol. The van der Waals surface area contributed by atoms with Crippen molar-refractivity contribution in [2.75, 3.05) is 20.8 Å². The van der Waals surface area contributed by atoms with Crippen molar-refractivity contribution in [2.45, 2.75) is 18.9 Å². The predicted octanol–water partition coefficient (Wildman–Crippen LogP) is 2.25. The van der Waals surface area contributed by atoms with Gasteiger partial charge >= 0.3 is 0 Å². The molecule has 3 nitrogen and oxygen atoms in total. The maximum Gasteiger partial charge on any atom is 0.122 e. The van der Waals surface area contributed by atoms with E-state index in [9.17, 15) is 0 Å². The van der Waals surface area contributed by atoms with Crippen LogP contribution in [-0.4, -0.2) is 26.9 Å². The van der Waals surface area contributed by atoms with Gasteiger partial charge in [-0.1, -0.05) is 11.6 Å². The maximum absolute atomic E-state index is 5.99. The number of methoxy groups -OCH3 is 2. The molecular formula is C12H18ClNO2. The fourth-order valence-corrected chi connectivity index (χ4v) is 1.76. The first kappa shape index (κ1) is 13.3. The summed E-state index contributed by atoms with van der Waals surface area (Å²) in [6.07, 6.45) is 1.57. The highest BCUT2D eigenvalue weighted by Gasteiger charge is 2.09. The van der Waals surface area contributed by atoms with Crippen molar-refractivity contribution in [3.63, 3.8) is 0 Å². The Morgan fingerprint density at radius 1 is 1.38 bits per heavy atom. The molecule has 0 aliphatic carbocycles. The van der Waals surface area contributed by atoms with Crippen molar-refractivity contribution in [1.82, 2.24) is 0 Å². The molecule has 1 atom stereocenters. The third kappa shape index (κ3) is 4.00. The minimum atomic E-state index is 0.0623. The van der Waals surface area contributed by atoms with Gasteiger partial charge in [0.15, 0.2) is 0 Å². The van der Waals surface area contributed by atoms with Gasteiger partial charge in [-0.3, -0.25) is 0 Å².